The number of hydrogen-bond donors (Lipinski definition) is 0. The van der Waals surface area contributed by atoms with E-state index in [1.165, 1.54) is 33.4 Å². The van der Waals surface area contributed by atoms with Crippen LogP contribution in [-0.4, -0.2) is 13.2 Å². The zero-order valence-corrected chi connectivity index (χ0v) is 19.4. The van der Waals surface area contributed by atoms with E-state index < -0.39 is 5.41 Å². The van der Waals surface area contributed by atoms with E-state index in [1.807, 2.05) is 0 Å². The normalized spacial score (nSPS) is 13.3. The molecule has 0 saturated heterocycles. The third-order valence-electron chi connectivity index (χ3n) is 6.47. The minimum atomic E-state index is -0.458. The van der Waals surface area contributed by atoms with Crippen molar-refractivity contribution >= 4 is 0 Å². The molecule has 0 saturated carbocycles. The molecule has 0 aliphatic heterocycles. The molecule has 0 fully saturated rings. The van der Waals surface area contributed by atoms with Gasteiger partial charge in [0, 0.05) is 5.56 Å². The molecule has 1 aliphatic carbocycles. The van der Waals surface area contributed by atoms with Gasteiger partial charge in [-0.3, -0.25) is 0 Å². The van der Waals surface area contributed by atoms with Crippen LogP contribution in [0.3, 0.4) is 0 Å². The fourth-order valence-electron chi connectivity index (χ4n) is 5.13. The Bertz CT molecular complexity index is 1190. The minimum Gasteiger partial charge on any atom is -0.494 e. The summed E-state index contributed by atoms with van der Waals surface area (Å²) in [6, 6.07) is 34.8. The number of rotatable bonds is 8. The lowest BCUT2D eigenvalue weighted by Gasteiger charge is -2.35. The van der Waals surface area contributed by atoms with Gasteiger partial charge in [0.2, 0.25) is 0 Å². The number of para-hydroxylation sites is 1. The summed E-state index contributed by atoms with van der Waals surface area (Å²) in [7, 11) is 0. The maximum absolute atomic E-state index is 6.33. The van der Waals surface area contributed by atoms with Crippen LogP contribution in [0.1, 0.15) is 48.9 Å². The van der Waals surface area contributed by atoms with Gasteiger partial charge < -0.3 is 9.47 Å². The van der Waals surface area contributed by atoms with Gasteiger partial charge in [-0.05, 0) is 58.9 Å². The predicted octanol–water partition coefficient (Wildman–Crippen LogP) is 7.63. The van der Waals surface area contributed by atoms with Crippen LogP contribution < -0.4 is 9.47 Å². The van der Waals surface area contributed by atoms with Gasteiger partial charge in [-0.25, -0.2) is 0 Å². The van der Waals surface area contributed by atoms with Gasteiger partial charge in [-0.1, -0.05) is 92.7 Å². The van der Waals surface area contributed by atoms with Gasteiger partial charge in [0.1, 0.15) is 11.5 Å². The van der Waals surface area contributed by atoms with Crippen molar-refractivity contribution in [2.75, 3.05) is 13.2 Å². The second-order valence-electron chi connectivity index (χ2n) is 8.56. The zero-order valence-electron chi connectivity index (χ0n) is 19.4. The highest BCUT2D eigenvalue weighted by Gasteiger charge is 2.47. The van der Waals surface area contributed by atoms with Crippen molar-refractivity contribution in [2.24, 2.45) is 0 Å². The first-order chi connectivity index (χ1) is 16.3. The van der Waals surface area contributed by atoms with Crippen LogP contribution in [0.2, 0.25) is 0 Å². The van der Waals surface area contributed by atoms with Crippen LogP contribution in [-0.2, 0) is 5.41 Å². The molecule has 4 aromatic rings. The Labute approximate surface area is 196 Å². The van der Waals surface area contributed by atoms with Gasteiger partial charge in [-0.2, -0.15) is 0 Å². The van der Waals surface area contributed by atoms with Gasteiger partial charge in [0.05, 0.1) is 18.6 Å². The third kappa shape index (κ3) is 3.51. The number of fused-ring (bicyclic) bond motifs is 3. The topological polar surface area (TPSA) is 18.5 Å². The van der Waals surface area contributed by atoms with E-state index in [0.29, 0.717) is 6.61 Å². The average Bonchev–Trinajstić information content (AvgIpc) is 3.18. The molecule has 0 atom stereocenters. The second kappa shape index (κ2) is 9.15. The summed E-state index contributed by atoms with van der Waals surface area (Å²) < 4.78 is 12.2. The Balaban J connectivity index is 1.81. The standard InChI is InChI=1S/C31H30O2/c1-3-21-32-24-19-17-23(18-20-24)31(29-15-9-10-16-30(29)33-22-4-2)27-13-7-5-11-25(27)26-12-6-8-14-28(26)31/h5-20H,3-4,21-22H2,1-2H3. The van der Waals surface area contributed by atoms with Gasteiger partial charge in [0.15, 0.2) is 0 Å². The van der Waals surface area contributed by atoms with Crippen molar-refractivity contribution in [3.63, 3.8) is 0 Å². The molecule has 5 rings (SSSR count). The maximum atomic E-state index is 6.33. The molecule has 0 N–H and O–H groups in total. The lowest BCUT2D eigenvalue weighted by atomic mass is 9.67. The summed E-state index contributed by atoms with van der Waals surface area (Å²) in [4.78, 5) is 0. The van der Waals surface area contributed by atoms with Gasteiger partial charge in [0.25, 0.3) is 0 Å². The first-order valence-electron chi connectivity index (χ1n) is 12.0. The van der Waals surface area contributed by atoms with Crippen LogP contribution in [0.15, 0.2) is 97.1 Å². The molecule has 2 nitrogen and oxygen atoms in total. The van der Waals surface area contributed by atoms with E-state index in [0.717, 1.165) is 30.9 Å². The van der Waals surface area contributed by atoms with Gasteiger partial charge >= 0.3 is 0 Å². The predicted molar refractivity (Wildman–Crippen MR) is 135 cm³/mol. The van der Waals surface area contributed by atoms with Crippen molar-refractivity contribution in [1.29, 1.82) is 0 Å². The van der Waals surface area contributed by atoms with Crippen molar-refractivity contribution in [2.45, 2.75) is 32.1 Å². The highest BCUT2D eigenvalue weighted by Crippen LogP contribution is 2.57. The molecule has 166 valence electrons. The SMILES string of the molecule is CCCOc1ccc(C2(c3ccccc3OCCC)c3ccccc3-c3ccccc32)cc1. The summed E-state index contributed by atoms with van der Waals surface area (Å²) in [5.74, 6) is 1.85. The molecule has 0 spiro atoms. The molecular formula is C31H30O2. The molecule has 0 unspecified atom stereocenters. The molecule has 0 amide bonds. The van der Waals surface area contributed by atoms with Crippen LogP contribution in [0, 0.1) is 0 Å². The first kappa shape index (κ1) is 21.3. The lowest BCUT2D eigenvalue weighted by molar-refractivity contribution is 0.312. The van der Waals surface area contributed by atoms with E-state index in [-0.39, 0.29) is 0 Å². The van der Waals surface area contributed by atoms with Crippen LogP contribution in [0.4, 0.5) is 0 Å². The molecule has 4 aromatic carbocycles. The summed E-state index contributed by atoms with van der Waals surface area (Å²) in [5.41, 5.74) is 7.09. The number of hydrogen-bond acceptors (Lipinski definition) is 2. The minimum absolute atomic E-state index is 0.458. The van der Waals surface area contributed by atoms with Crippen LogP contribution in [0.25, 0.3) is 11.1 Å². The first-order valence-corrected chi connectivity index (χ1v) is 12.0. The Morgan fingerprint density at radius 2 is 1.06 bits per heavy atom. The monoisotopic (exact) mass is 434 g/mol. The number of benzene rings is 4. The van der Waals surface area contributed by atoms with E-state index >= 15 is 0 Å². The van der Waals surface area contributed by atoms with Crippen molar-refractivity contribution < 1.29 is 9.47 Å². The Hall–Kier alpha value is -3.52. The van der Waals surface area contributed by atoms with Crippen LogP contribution in [0.5, 0.6) is 11.5 Å². The quantitative estimate of drug-likeness (QED) is 0.250. The highest BCUT2D eigenvalue weighted by atomic mass is 16.5. The number of ether oxygens (including phenoxy) is 2. The fourth-order valence-corrected chi connectivity index (χ4v) is 5.13. The summed E-state index contributed by atoms with van der Waals surface area (Å²) >= 11 is 0. The Morgan fingerprint density at radius 3 is 1.67 bits per heavy atom. The molecule has 0 aromatic heterocycles. The van der Waals surface area contributed by atoms with E-state index in [9.17, 15) is 0 Å². The Morgan fingerprint density at radius 1 is 0.545 bits per heavy atom. The molecule has 33 heavy (non-hydrogen) atoms. The maximum Gasteiger partial charge on any atom is 0.124 e. The zero-order chi connectivity index (χ0) is 22.7. The van der Waals surface area contributed by atoms with E-state index in [2.05, 4.69) is 111 Å². The second-order valence-corrected chi connectivity index (χ2v) is 8.56. The van der Waals surface area contributed by atoms with Crippen molar-refractivity contribution in [3.05, 3.63) is 119 Å². The molecular weight excluding hydrogens is 404 g/mol. The largest absolute Gasteiger partial charge is 0.494 e. The molecule has 0 bridgehead atoms. The third-order valence-corrected chi connectivity index (χ3v) is 6.47. The van der Waals surface area contributed by atoms with Gasteiger partial charge in [-0.15, -0.1) is 0 Å². The van der Waals surface area contributed by atoms with Crippen molar-refractivity contribution in [1.82, 2.24) is 0 Å². The lowest BCUT2D eigenvalue weighted by Crippen LogP contribution is -2.29. The molecule has 0 radical (unpaired) electrons. The van der Waals surface area contributed by atoms with Crippen molar-refractivity contribution in [3.8, 4) is 22.6 Å². The summed E-state index contributed by atoms with van der Waals surface area (Å²) in [6.07, 6.45) is 1.96. The summed E-state index contributed by atoms with van der Waals surface area (Å²) in [5, 5.41) is 0. The summed E-state index contributed by atoms with van der Waals surface area (Å²) in [6.45, 7) is 5.70. The highest BCUT2D eigenvalue weighted by molar-refractivity contribution is 5.86. The van der Waals surface area contributed by atoms with E-state index in [1.54, 1.807) is 0 Å². The molecule has 0 heterocycles. The smallest absolute Gasteiger partial charge is 0.124 e. The molecule has 2 heteroatoms. The fraction of sp³-hybridized carbons (Fsp3) is 0.226. The van der Waals surface area contributed by atoms with Crippen LogP contribution >= 0.6 is 0 Å². The average molecular weight is 435 g/mol. The Kier molecular flexibility index (Phi) is 5.92. The molecule has 1 aliphatic rings. The van der Waals surface area contributed by atoms with E-state index in [4.69, 9.17) is 9.47 Å².